The number of benzene rings is 1. The van der Waals surface area contributed by atoms with E-state index >= 15 is 0 Å². The number of amides is 1. The number of hydrogen-bond donors (Lipinski definition) is 1. The highest BCUT2D eigenvalue weighted by atomic mass is 32.2. The van der Waals surface area contributed by atoms with Gasteiger partial charge < -0.3 is 0 Å². The van der Waals surface area contributed by atoms with Crippen LogP contribution in [0.15, 0.2) is 35.2 Å². The number of aromatic nitrogens is 2. The summed E-state index contributed by atoms with van der Waals surface area (Å²) >= 11 is 2.54. The minimum atomic E-state index is -3.87. The monoisotopic (exact) mass is 443 g/mol. The second-order valence-corrected chi connectivity index (χ2v) is 9.67. The van der Waals surface area contributed by atoms with Gasteiger partial charge in [0.25, 0.3) is 5.69 Å². The minimum absolute atomic E-state index is 0.0614. The maximum Gasteiger partial charge on any atom is 0.271 e. The molecule has 0 aliphatic carbocycles. The lowest BCUT2D eigenvalue weighted by atomic mass is 10.2. The number of non-ortho nitro benzene ring substituents is 1. The summed E-state index contributed by atoms with van der Waals surface area (Å²) in [5.41, 5.74) is 0.261. The summed E-state index contributed by atoms with van der Waals surface area (Å²) in [5, 5.41) is 21.5. The number of anilines is 2. The molecule has 10 nitrogen and oxygen atoms in total. The van der Waals surface area contributed by atoms with Gasteiger partial charge in [-0.05, 0) is 12.5 Å². The van der Waals surface area contributed by atoms with Gasteiger partial charge in [0, 0.05) is 17.9 Å². The number of nitrogens with one attached hydrogen (secondary N) is 1. The summed E-state index contributed by atoms with van der Waals surface area (Å²) in [6, 6.07) is 3.82. The van der Waals surface area contributed by atoms with Gasteiger partial charge in [0.15, 0.2) is 4.34 Å². The third kappa shape index (κ3) is 5.74. The molecule has 13 heteroatoms. The molecule has 1 heterocycles. The first kappa shape index (κ1) is 21.8. The van der Waals surface area contributed by atoms with Crippen molar-refractivity contribution in [2.75, 3.05) is 28.2 Å². The average molecular weight is 444 g/mol. The molecule has 1 N–H and O–H groups in total. The van der Waals surface area contributed by atoms with E-state index in [0.717, 1.165) is 28.0 Å². The summed E-state index contributed by atoms with van der Waals surface area (Å²) in [4.78, 5) is 22.7. The molecular weight excluding hydrogens is 426 g/mol. The highest BCUT2D eigenvalue weighted by Crippen LogP contribution is 2.28. The van der Waals surface area contributed by atoms with Gasteiger partial charge in [-0.25, -0.2) is 8.42 Å². The quantitative estimate of drug-likeness (QED) is 0.205. The van der Waals surface area contributed by atoms with Gasteiger partial charge in [0.1, 0.15) is 6.54 Å². The Kier molecular flexibility index (Phi) is 7.10. The van der Waals surface area contributed by atoms with Crippen LogP contribution in [0.4, 0.5) is 16.5 Å². The zero-order valence-electron chi connectivity index (χ0n) is 15.0. The Bertz CT molecular complexity index is 1010. The fraction of sp³-hybridized carbons (Fsp3) is 0.267. The Labute approximate surface area is 169 Å². The molecule has 0 aliphatic rings. The number of nitro groups is 1. The van der Waals surface area contributed by atoms with Gasteiger partial charge in [-0.3, -0.25) is 24.5 Å². The summed E-state index contributed by atoms with van der Waals surface area (Å²) in [7, 11) is -3.87. The number of carbonyl (C=O) groups is 1. The lowest BCUT2D eigenvalue weighted by Crippen LogP contribution is -2.37. The molecule has 0 radical (unpaired) electrons. The number of carbonyl (C=O) groups excluding carboxylic acids is 1. The molecule has 0 spiro atoms. The first-order valence-electron chi connectivity index (χ1n) is 7.71. The van der Waals surface area contributed by atoms with E-state index in [1.165, 1.54) is 23.9 Å². The molecule has 150 valence electrons. The molecule has 0 aliphatic heterocycles. The Morgan fingerprint density at radius 2 is 2.18 bits per heavy atom. The highest BCUT2D eigenvalue weighted by Gasteiger charge is 2.25. The second kappa shape index (κ2) is 9.12. The van der Waals surface area contributed by atoms with E-state index in [4.69, 9.17) is 0 Å². The number of sulfonamides is 1. The van der Waals surface area contributed by atoms with Gasteiger partial charge in [-0.15, -0.1) is 16.8 Å². The van der Waals surface area contributed by atoms with Crippen molar-refractivity contribution in [2.45, 2.75) is 11.3 Å². The van der Waals surface area contributed by atoms with Crippen LogP contribution in [-0.2, 0) is 14.8 Å². The summed E-state index contributed by atoms with van der Waals surface area (Å²) in [6.07, 6.45) is 2.63. The molecule has 1 aromatic carbocycles. The van der Waals surface area contributed by atoms with Crippen molar-refractivity contribution in [1.82, 2.24) is 10.2 Å². The lowest BCUT2D eigenvalue weighted by Gasteiger charge is -2.23. The SMILES string of the molecule is C=CCSc1nnc(NC(=O)CN(c2cc([N+](=O)[O-])ccc2C)S(C)(=O)=O)s1. The molecule has 0 saturated heterocycles. The Morgan fingerprint density at radius 1 is 1.46 bits per heavy atom. The molecule has 28 heavy (non-hydrogen) atoms. The van der Waals surface area contributed by atoms with Crippen molar-refractivity contribution in [3.63, 3.8) is 0 Å². The van der Waals surface area contributed by atoms with Crippen molar-refractivity contribution >= 4 is 55.5 Å². The van der Waals surface area contributed by atoms with Crippen LogP contribution in [0.1, 0.15) is 5.56 Å². The van der Waals surface area contributed by atoms with E-state index in [2.05, 4.69) is 22.1 Å². The predicted molar refractivity (Wildman–Crippen MR) is 109 cm³/mol. The molecule has 1 aromatic heterocycles. The predicted octanol–water partition coefficient (Wildman–Crippen LogP) is 2.44. The largest absolute Gasteiger partial charge is 0.299 e. The molecule has 0 bridgehead atoms. The van der Waals surface area contributed by atoms with Crippen molar-refractivity contribution in [2.24, 2.45) is 0 Å². The van der Waals surface area contributed by atoms with Crippen LogP contribution in [0.25, 0.3) is 0 Å². The van der Waals surface area contributed by atoms with E-state index in [1.54, 1.807) is 13.0 Å². The number of rotatable bonds is 9. The molecule has 2 rings (SSSR count). The average Bonchev–Trinajstić information content (AvgIpc) is 3.04. The Morgan fingerprint density at radius 3 is 2.79 bits per heavy atom. The fourth-order valence-corrected chi connectivity index (χ4v) is 4.53. The maximum atomic E-state index is 12.4. The van der Waals surface area contributed by atoms with Gasteiger partial charge in [0.2, 0.25) is 21.1 Å². The maximum absolute atomic E-state index is 12.4. The number of thioether (sulfide) groups is 1. The fourth-order valence-electron chi connectivity index (χ4n) is 2.10. The normalized spacial score (nSPS) is 11.1. The van der Waals surface area contributed by atoms with Crippen molar-refractivity contribution in [1.29, 1.82) is 0 Å². The van der Waals surface area contributed by atoms with Gasteiger partial charge >= 0.3 is 0 Å². The number of aryl methyl sites for hydroxylation is 1. The molecule has 1 amide bonds. The minimum Gasteiger partial charge on any atom is -0.299 e. The zero-order chi connectivity index (χ0) is 20.9. The summed E-state index contributed by atoms with van der Waals surface area (Å²) in [6.45, 7) is 4.64. The first-order chi connectivity index (χ1) is 13.1. The standard InChI is InChI=1S/C15H17N5O5S3/c1-4-7-26-15-18-17-14(27-15)16-13(21)9-19(28(3,24)25)12-8-11(20(22)23)6-5-10(12)2/h4-6,8H,1,7,9H2,2-3H3,(H,16,17,21). The van der Waals surface area contributed by atoms with Crippen LogP contribution in [0.2, 0.25) is 0 Å². The molecule has 2 aromatic rings. The van der Waals surface area contributed by atoms with E-state index < -0.39 is 27.4 Å². The lowest BCUT2D eigenvalue weighted by molar-refractivity contribution is -0.384. The van der Waals surface area contributed by atoms with E-state index in [1.807, 2.05) is 0 Å². The van der Waals surface area contributed by atoms with Crippen molar-refractivity contribution in [3.8, 4) is 0 Å². The highest BCUT2D eigenvalue weighted by molar-refractivity contribution is 8.01. The number of nitrogens with zero attached hydrogens (tertiary/aromatic N) is 4. The third-order valence-corrected chi connectivity index (χ3v) is 6.43. The number of nitro benzene ring substituents is 1. The molecule has 0 saturated carbocycles. The topological polar surface area (TPSA) is 135 Å². The van der Waals surface area contributed by atoms with E-state index in [-0.39, 0.29) is 16.5 Å². The van der Waals surface area contributed by atoms with Crippen LogP contribution in [0.3, 0.4) is 0 Å². The van der Waals surface area contributed by atoms with E-state index in [0.29, 0.717) is 15.7 Å². The van der Waals surface area contributed by atoms with Crippen LogP contribution >= 0.6 is 23.1 Å². The zero-order valence-corrected chi connectivity index (χ0v) is 17.4. The molecule has 0 fully saturated rings. The Balaban J connectivity index is 2.22. The third-order valence-electron chi connectivity index (χ3n) is 3.34. The smallest absolute Gasteiger partial charge is 0.271 e. The van der Waals surface area contributed by atoms with Crippen LogP contribution in [0, 0.1) is 17.0 Å². The summed E-state index contributed by atoms with van der Waals surface area (Å²) < 4.78 is 25.9. The van der Waals surface area contributed by atoms with Gasteiger partial charge in [0.05, 0.1) is 16.9 Å². The number of hydrogen-bond acceptors (Lipinski definition) is 9. The van der Waals surface area contributed by atoms with Crippen LogP contribution in [0.5, 0.6) is 0 Å². The second-order valence-electron chi connectivity index (χ2n) is 5.52. The first-order valence-corrected chi connectivity index (χ1v) is 11.4. The Hall–Kier alpha value is -2.51. The van der Waals surface area contributed by atoms with Crippen molar-refractivity contribution < 1.29 is 18.1 Å². The molecule has 0 unspecified atom stereocenters. The van der Waals surface area contributed by atoms with Gasteiger partial charge in [-0.1, -0.05) is 35.2 Å². The van der Waals surface area contributed by atoms with Crippen LogP contribution in [-0.4, -0.2) is 48.0 Å². The van der Waals surface area contributed by atoms with Crippen LogP contribution < -0.4 is 9.62 Å². The van der Waals surface area contributed by atoms with Crippen molar-refractivity contribution in [3.05, 3.63) is 46.5 Å². The molecule has 0 atom stereocenters. The van der Waals surface area contributed by atoms with Gasteiger partial charge in [-0.2, -0.15) is 0 Å². The van der Waals surface area contributed by atoms with E-state index in [9.17, 15) is 23.3 Å². The molecular formula is C15H17N5O5S3. The summed E-state index contributed by atoms with van der Waals surface area (Å²) in [5.74, 6) is -0.0102.